The highest BCUT2D eigenvalue weighted by Crippen LogP contribution is 2.42. The first-order valence-electron chi connectivity index (χ1n) is 14.4. The second-order valence-corrected chi connectivity index (χ2v) is 10.7. The molecule has 222 valence electrons. The van der Waals surface area contributed by atoms with Crippen molar-refractivity contribution in [3.8, 4) is 28.2 Å². The van der Waals surface area contributed by atoms with E-state index >= 15 is 0 Å². The van der Waals surface area contributed by atoms with Crippen LogP contribution in [0.5, 0.6) is 5.75 Å². The quantitative estimate of drug-likeness (QED) is 0.0611. The number of nitrogens with one attached hydrogen (secondary N) is 2. The minimum Gasteiger partial charge on any atom is -0.508 e. The van der Waals surface area contributed by atoms with Crippen LogP contribution in [0.1, 0.15) is 36.0 Å². The summed E-state index contributed by atoms with van der Waals surface area (Å²) in [6.07, 6.45) is 4.58. The molecule has 11 N–H and O–H groups in total. The number of aromatic carboxylic acids is 1. The molecule has 0 amide bonds. The van der Waals surface area contributed by atoms with Crippen molar-refractivity contribution in [1.29, 1.82) is 0 Å². The van der Waals surface area contributed by atoms with E-state index in [4.69, 9.17) is 16.6 Å². The lowest BCUT2D eigenvalue weighted by Gasteiger charge is -2.18. The number of thiocarbonyl (C=S) groups is 1. The molecular formula is C31H40N5O5S+3. The molecule has 0 spiro atoms. The van der Waals surface area contributed by atoms with Crippen LogP contribution in [0.3, 0.4) is 0 Å². The molecule has 0 saturated heterocycles. The van der Waals surface area contributed by atoms with Gasteiger partial charge in [-0.15, -0.1) is 0 Å². The molecular weight excluding hydrogens is 554 g/mol. The van der Waals surface area contributed by atoms with Crippen LogP contribution in [0.2, 0.25) is 0 Å². The number of carboxylic acids is 1. The molecule has 1 aliphatic heterocycles. The van der Waals surface area contributed by atoms with Crippen molar-refractivity contribution in [3.05, 3.63) is 70.4 Å². The largest absolute Gasteiger partial charge is 0.508 e. The SMILES string of the molecule is [NH3+]CCC[NH2+]CCCC[NH2+]CCCNC(=S)Nc1ccc(C(=O)O)c(-c2c3ccc(=O)cc-3oc3cc(O)ccc23)c1. The summed E-state index contributed by atoms with van der Waals surface area (Å²) in [5, 5.41) is 32.2. The average Bonchev–Trinajstić information content (AvgIpc) is 2.96. The van der Waals surface area contributed by atoms with Gasteiger partial charge < -0.3 is 41.6 Å². The van der Waals surface area contributed by atoms with Gasteiger partial charge in [0.15, 0.2) is 10.5 Å². The van der Waals surface area contributed by atoms with E-state index in [2.05, 4.69) is 27.0 Å². The van der Waals surface area contributed by atoms with Crippen molar-refractivity contribution in [2.24, 2.45) is 0 Å². The molecule has 4 rings (SSSR count). The second kappa shape index (κ2) is 15.3. The highest BCUT2D eigenvalue weighted by Gasteiger charge is 2.22. The number of fused-ring (bicyclic) bond motifs is 2. The standard InChI is InChI=1S/C31H37N5O5S/c32-11-3-14-33-12-1-2-13-34-15-4-16-35-31(42)36-20-5-8-23(30(39)40)26(17-20)29-24-9-6-21(37)18-27(24)41-28-19-22(38)7-10-25(28)29/h5-10,17-19,33-34,37H,1-4,11-16,32H2,(H,39,40)(H2,35,36,42)/p+3. The van der Waals surface area contributed by atoms with E-state index in [0.717, 1.165) is 32.6 Å². The number of hydrogen-bond acceptors (Lipinski definition) is 5. The Morgan fingerprint density at radius 1 is 0.905 bits per heavy atom. The summed E-state index contributed by atoms with van der Waals surface area (Å²) in [5.74, 6) is -0.809. The van der Waals surface area contributed by atoms with Gasteiger partial charge >= 0.3 is 5.97 Å². The van der Waals surface area contributed by atoms with Crippen LogP contribution in [0.4, 0.5) is 5.69 Å². The number of benzene rings is 3. The summed E-state index contributed by atoms with van der Waals surface area (Å²) in [6, 6.07) is 14.0. The summed E-state index contributed by atoms with van der Waals surface area (Å²) in [4.78, 5) is 24.3. The lowest BCUT2D eigenvalue weighted by molar-refractivity contribution is -0.665. The Morgan fingerprint density at radius 2 is 1.64 bits per heavy atom. The molecule has 0 atom stereocenters. The Morgan fingerprint density at radius 3 is 2.38 bits per heavy atom. The van der Waals surface area contributed by atoms with Crippen molar-refractivity contribution in [1.82, 2.24) is 5.32 Å². The van der Waals surface area contributed by atoms with Gasteiger partial charge in [-0.3, -0.25) is 4.79 Å². The van der Waals surface area contributed by atoms with Crippen molar-refractivity contribution in [2.75, 3.05) is 44.6 Å². The zero-order valence-corrected chi connectivity index (χ0v) is 24.5. The molecule has 0 unspecified atom stereocenters. The molecule has 2 aromatic carbocycles. The van der Waals surface area contributed by atoms with Gasteiger partial charge in [-0.1, -0.05) is 0 Å². The molecule has 1 aliphatic carbocycles. The third-order valence-corrected chi connectivity index (χ3v) is 7.30. The number of anilines is 1. The van der Waals surface area contributed by atoms with Crippen LogP contribution in [0, 0.1) is 0 Å². The van der Waals surface area contributed by atoms with E-state index in [-0.39, 0.29) is 16.7 Å². The van der Waals surface area contributed by atoms with E-state index in [1.54, 1.807) is 24.3 Å². The molecule has 0 saturated carbocycles. The number of phenolic OH excluding ortho intramolecular Hbond substituents is 1. The lowest BCUT2D eigenvalue weighted by Crippen LogP contribution is -2.86. The van der Waals surface area contributed by atoms with E-state index in [9.17, 15) is 19.8 Å². The molecule has 0 radical (unpaired) electrons. The van der Waals surface area contributed by atoms with E-state index < -0.39 is 5.97 Å². The lowest BCUT2D eigenvalue weighted by atomic mass is 9.90. The summed E-state index contributed by atoms with van der Waals surface area (Å²) >= 11 is 5.51. The fourth-order valence-corrected chi connectivity index (χ4v) is 5.16. The third-order valence-electron chi connectivity index (χ3n) is 7.05. The Kier molecular flexibility index (Phi) is 11.2. The Balaban J connectivity index is 1.42. The molecule has 0 bridgehead atoms. The number of hydrogen-bond donors (Lipinski definition) is 7. The smallest absolute Gasteiger partial charge is 0.336 e. The molecule has 0 fully saturated rings. The van der Waals surface area contributed by atoms with Gasteiger partial charge in [0, 0.05) is 66.6 Å². The van der Waals surface area contributed by atoms with Gasteiger partial charge in [-0.2, -0.15) is 0 Å². The fraction of sp³-hybridized carbons (Fsp3) is 0.323. The van der Waals surface area contributed by atoms with Gasteiger partial charge in [0.1, 0.15) is 17.1 Å². The predicted octanol–water partition coefficient (Wildman–Crippen LogP) is 1.18. The Hall–Kier alpha value is -4.03. The predicted molar refractivity (Wildman–Crippen MR) is 167 cm³/mol. The van der Waals surface area contributed by atoms with E-state index in [0.29, 0.717) is 44.2 Å². The first kappa shape index (κ1) is 30.9. The number of carboxylic acid groups (broad SMARTS) is 1. The molecule has 42 heavy (non-hydrogen) atoms. The van der Waals surface area contributed by atoms with Gasteiger partial charge in [0.25, 0.3) is 0 Å². The molecule has 10 nitrogen and oxygen atoms in total. The van der Waals surface area contributed by atoms with Crippen molar-refractivity contribution >= 4 is 40.0 Å². The zero-order valence-electron chi connectivity index (χ0n) is 23.7. The van der Waals surface area contributed by atoms with Gasteiger partial charge in [-0.25, -0.2) is 4.79 Å². The first-order valence-corrected chi connectivity index (χ1v) is 14.8. The summed E-state index contributed by atoms with van der Waals surface area (Å²) in [6.45, 7) is 6.21. The van der Waals surface area contributed by atoms with Gasteiger partial charge in [0.2, 0.25) is 0 Å². The highest BCUT2D eigenvalue weighted by molar-refractivity contribution is 7.80. The minimum absolute atomic E-state index is 0.00712. The van der Waals surface area contributed by atoms with E-state index in [1.165, 1.54) is 62.7 Å². The Labute approximate surface area is 249 Å². The maximum Gasteiger partial charge on any atom is 0.336 e. The number of rotatable bonds is 15. The molecule has 11 heteroatoms. The summed E-state index contributed by atoms with van der Waals surface area (Å²) in [5.41, 5.74) is 6.25. The highest BCUT2D eigenvalue weighted by atomic mass is 32.1. The van der Waals surface area contributed by atoms with Crippen LogP contribution < -0.4 is 32.4 Å². The summed E-state index contributed by atoms with van der Waals surface area (Å²) in [7, 11) is 0. The van der Waals surface area contributed by atoms with Crippen molar-refractivity contribution in [2.45, 2.75) is 25.7 Å². The van der Waals surface area contributed by atoms with Crippen LogP contribution in [-0.4, -0.2) is 60.6 Å². The number of quaternary nitrogens is 3. The number of carbonyl (C=O) groups is 1. The van der Waals surface area contributed by atoms with Crippen molar-refractivity contribution in [3.63, 3.8) is 0 Å². The van der Waals surface area contributed by atoms with Gasteiger partial charge in [0.05, 0.1) is 38.3 Å². The monoisotopic (exact) mass is 594 g/mol. The molecule has 2 aliphatic rings. The van der Waals surface area contributed by atoms with E-state index in [1.807, 2.05) is 0 Å². The third kappa shape index (κ3) is 8.26. The average molecular weight is 595 g/mol. The number of aromatic hydroxyl groups is 1. The zero-order chi connectivity index (χ0) is 29.9. The molecule has 2 aromatic rings. The minimum atomic E-state index is -1.10. The Bertz CT molecular complexity index is 1560. The second-order valence-electron chi connectivity index (χ2n) is 10.3. The van der Waals surface area contributed by atoms with Crippen LogP contribution in [-0.2, 0) is 0 Å². The van der Waals surface area contributed by atoms with Crippen LogP contribution in [0.15, 0.2) is 63.8 Å². The molecule has 0 aromatic heterocycles. The fourth-order valence-electron chi connectivity index (χ4n) is 4.94. The first-order chi connectivity index (χ1) is 20.4. The normalized spacial score (nSPS) is 11.2. The maximum atomic E-state index is 12.3. The number of unbranched alkanes of at least 4 members (excludes halogenated alkanes) is 1. The topological polar surface area (TPSA) is 173 Å². The maximum absolute atomic E-state index is 12.3. The van der Waals surface area contributed by atoms with Crippen LogP contribution >= 0.6 is 12.2 Å². The van der Waals surface area contributed by atoms with Gasteiger partial charge in [-0.05, 0) is 60.2 Å². The van der Waals surface area contributed by atoms with Crippen LogP contribution in [0.25, 0.3) is 33.4 Å². The number of nitrogens with two attached hydrogens (primary N) is 2. The van der Waals surface area contributed by atoms with Crippen molar-refractivity contribution < 1.29 is 35.8 Å². The summed E-state index contributed by atoms with van der Waals surface area (Å²) < 4.78 is 5.91. The number of phenols is 1. The molecule has 1 heterocycles.